The quantitative estimate of drug-likeness (QED) is 0.780. The van der Waals surface area contributed by atoms with Crippen molar-refractivity contribution in [3.8, 4) is 0 Å². The van der Waals surface area contributed by atoms with Crippen LogP contribution in [0.4, 0.5) is 11.4 Å². The van der Waals surface area contributed by atoms with Gasteiger partial charge in [0.15, 0.2) is 0 Å². The van der Waals surface area contributed by atoms with Gasteiger partial charge in [-0.25, -0.2) is 0 Å². The van der Waals surface area contributed by atoms with Gasteiger partial charge in [-0.2, -0.15) is 0 Å². The van der Waals surface area contributed by atoms with Crippen LogP contribution in [0.5, 0.6) is 0 Å². The molecule has 2 N–H and O–H groups in total. The van der Waals surface area contributed by atoms with E-state index in [2.05, 4.69) is 28.9 Å². The summed E-state index contributed by atoms with van der Waals surface area (Å²) >= 11 is 0. The zero-order valence-corrected chi connectivity index (χ0v) is 10.8. The number of benzene rings is 1. The Bertz CT molecular complexity index is 557. The molecule has 18 heavy (non-hydrogen) atoms. The first-order valence-corrected chi connectivity index (χ1v) is 6.63. The molecule has 0 saturated carbocycles. The fourth-order valence-electron chi connectivity index (χ4n) is 2.72. The molecular formula is C15H19N3. The minimum absolute atomic E-state index is 0.812. The van der Waals surface area contributed by atoms with Crippen LogP contribution in [0.1, 0.15) is 19.8 Å². The lowest BCUT2D eigenvalue weighted by Gasteiger charge is -2.33. The molecule has 1 saturated heterocycles. The molecule has 0 amide bonds. The summed E-state index contributed by atoms with van der Waals surface area (Å²) in [6.45, 7) is 4.62. The number of piperidine rings is 1. The lowest BCUT2D eigenvalue weighted by molar-refractivity contribution is 0.439. The Morgan fingerprint density at radius 3 is 2.72 bits per heavy atom. The summed E-state index contributed by atoms with van der Waals surface area (Å²) in [5.74, 6) is 0.850. The monoisotopic (exact) mass is 241 g/mol. The maximum absolute atomic E-state index is 6.02. The highest BCUT2D eigenvalue weighted by molar-refractivity contribution is 6.00. The highest BCUT2D eigenvalue weighted by atomic mass is 15.1. The minimum Gasteiger partial charge on any atom is -0.398 e. The number of hydrogen-bond donors (Lipinski definition) is 1. The van der Waals surface area contributed by atoms with Gasteiger partial charge in [-0.05, 0) is 37.0 Å². The molecule has 0 aliphatic carbocycles. The van der Waals surface area contributed by atoms with E-state index in [-0.39, 0.29) is 0 Å². The molecule has 2 heterocycles. The predicted molar refractivity (Wildman–Crippen MR) is 76.8 cm³/mol. The Balaban J connectivity index is 2.04. The van der Waals surface area contributed by atoms with E-state index in [0.29, 0.717) is 0 Å². The second kappa shape index (κ2) is 4.48. The van der Waals surface area contributed by atoms with Gasteiger partial charge in [-0.3, -0.25) is 4.98 Å². The van der Waals surface area contributed by atoms with Crippen molar-refractivity contribution in [2.45, 2.75) is 19.8 Å². The van der Waals surface area contributed by atoms with E-state index in [1.165, 1.54) is 23.9 Å². The van der Waals surface area contributed by atoms with Crippen molar-refractivity contribution in [3.05, 3.63) is 30.6 Å². The lowest BCUT2D eigenvalue weighted by Crippen LogP contribution is -2.32. The van der Waals surface area contributed by atoms with Crippen LogP contribution in [-0.2, 0) is 0 Å². The largest absolute Gasteiger partial charge is 0.398 e. The topological polar surface area (TPSA) is 42.1 Å². The first-order chi connectivity index (χ1) is 8.75. The van der Waals surface area contributed by atoms with Gasteiger partial charge in [0.05, 0.1) is 0 Å². The van der Waals surface area contributed by atoms with Gasteiger partial charge in [0.1, 0.15) is 0 Å². The molecule has 0 unspecified atom stereocenters. The number of aromatic nitrogens is 1. The summed E-state index contributed by atoms with van der Waals surface area (Å²) < 4.78 is 0. The van der Waals surface area contributed by atoms with Crippen LogP contribution < -0.4 is 10.6 Å². The predicted octanol–water partition coefficient (Wildman–Crippen LogP) is 3.05. The molecule has 0 bridgehead atoms. The number of rotatable bonds is 1. The van der Waals surface area contributed by atoms with E-state index >= 15 is 0 Å². The molecule has 1 aliphatic heterocycles. The van der Waals surface area contributed by atoms with E-state index in [1.807, 2.05) is 18.5 Å². The highest BCUT2D eigenvalue weighted by Crippen LogP contribution is 2.32. The summed E-state index contributed by atoms with van der Waals surface area (Å²) in [5.41, 5.74) is 8.13. The number of nitrogens with zero attached hydrogens (tertiary/aromatic N) is 2. The van der Waals surface area contributed by atoms with Crippen molar-refractivity contribution in [2.24, 2.45) is 5.92 Å². The SMILES string of the molecule is CC1CCN(c2ccc(N)c3cnccc23)CC1. The summed E-state index contributed by atoms with van der Waals surface area (Å²) in [5, 5.41) is 2.29. The Hall–Kier alpha value is -1.77. The van der Waals surface area contributed by atoms with Crippen LogP contribution in [0.2, 0.25) is 0 Å². The zero-order chi connectivity index (χ0) is 12.5. The summed E-state index contributed by atoms with van der Waals surface area (Å²) in [7, 11) is 0. The van der Waals surface area contributed by atoms with Crippen molar-refractivity contribution < 1.29 is 0 Å². The van der Waals surface area contributed by atoms with E-state index in [1.54, 1.807) is 0 Å². The number of fused-ring (bicyclic) bond motifs is 1. The molecule has 1 aliphatic rings. The second-order valence-electron chi connectivity index (χ2n) is 5.26. The van der Waals surface area contributed by atoms with E-state index in [0.717, 1.165) is 30.1 Å². The second-order valence-corrected chi connectivity index (χ2v) is 5.26. The van der Waals surface area contributed by atoms with Crippen molar-refractivity contribution in [1.82, 2.24) is 4.98 Å². The van der Waals surface area contributed by atoms with Gasteiger partial charge in [-0.15, -0.1) is 0 Å². The third kappa shape index (κ3) is 1.90. The molecule has 3 nitrogen and oxygen atoms in total. The fourth-order valence-corrected chi connectivity index (χ4v) is 2.72. The summed E-state index contributed by atoms with van der Waals surface area (Å²) in [4.78, 5) is 6.65. The number of nitrogens with two attached hydrogens (primary N) is 1. The maximum Gasteiger partial charge on any atom is 0.0448 e. The van der Waals surface area contributed by atoms with Gasteiger partial charge < -0.3 is 10.6 Å². The van der Waals surface area contributed by atoms with Crippen LogP contribution in [0.3, 0.4) is 0 Å². The van der Waals surface area contributed by atoms with E-state index in [9.17, 15) is 0 Å². The highest BCUT2D eigenvalue weighted by Gasteiger charge is 2.18. The Morgan fingerprint density at radius 2 is 1.94 bits per heavy atom. The third-order valence-electron chi connectivity index (χ3n) is 3.95. The van der Waals surface area contributed by atoms with Crippen LogP contribution >= 0.6 is 0 Å². The molecule has 0 radical (unpaired) electrons. The van der Waals surface area contributed by atoms with Crippen LogP contribution in [-0.4, -0.2) is 18.1 Å². The molecule has 0 atom stereocenters. The zero-order valence-electron chi connectivity index (χ0n) is 10.8. The Kier molecular flexibility index (Phi) is 2.82. The normalized spacial score (nSPS) is 17.3. The van der Waals surface area contributed by atoms with Crippen LogP contribution in [0.25, 0.3) is 10.8 Å². The molecule has 94 valence electrons. The molecule has 1 fully saturated rings. The van der Waals surface area contributed by atoms with Gasteiger partial charge in [0.25, 0.3) is 0 Å². The van der Waals surface area contributed by atoms with Crippen LogP contribution in [0, 0.1) is 5.92 Å². The third-order valence-corrected chi connectivity index (χ3v) is 3.95. The number of nitrogen functional groups attached to an aromatic ring is 1. The number of pyridine rings is 1. The summed E-state index contributed by atoms with van der Waals surface area (Å²) in [6, 6.07) is 6.21. The van der Waals surface area contributed by atoms with Crippen molar-refractivity contribution >= 4 is 22.1 Å². The van der Waals surface area contributed by atoms with E-state index in [4.69, 9.17) is 5.73 Å². The Morgan fingerprint density at radius 1 is 1.17 bits per heavy atom. The van der Waals surface area contributed by atoms with Gasteiger partial charge >= 0.3 is 0 Å². The Labute approximate surface area is 108 Å². The average molecular weight is 241 g/mol. The minimum atomic E-state index is 0.812. The van der Waals surface area contributed by atoms with Crippen molar-refractivity contribution in [3.63, 3.8) is 0 Å². The molecule has 2 aromatic rings. The van der Waals surface area contributed by atoms with Gasteiger partial charge in [0, 0.05) is 47.6 Å². The molecule has 1 aromatic heterocycles. The lowest BCUT2D eigenvalue weighted by atomic mass is 9.98. The van der Waals surface area contributed by atoms with Crippen molar-refractivity contribution in [1.29, 1.82) is 0 Å². The number of anilines is 2. The van der Waals surface area contributed by atoms with Crippen molar-refractivity contribution in [2.75, 3.05) is 23.7 Å². The smallest absolute Gasteiger partial charge is 0.0448 e. The molecule has 0 spiro atoms. The molecule has 3 rings (SSSR count). The molecule has 3 heteroatoms. The molecular weight excluding hydrogens is 222 g/mol. The van der Waals surface area contributed by atoms with Gasteiger partial charge in [-0.1, -0.05) is 6.92 Å². The van der Waals surface area contributed by atoms with Crippen LogP contribution in [0.15, 0.2) is 30.6 Å². The molecule has 1 aromatic carbocycles. The maximum atomic E-state index is 6.02. The standard InChI is InChI=1S/C15H19N3/c1-11-5-8-18(9-6-11)15-3-2-14(16)13-10-17-7-4-12(13)15/h2-4,7,10-11H,5-6,8-9,16H2,1H3. The average Bonchev–Trinajstić information content (AvgIpc) is 2.41. The summed E-state index contributed by atoms with van der Waals surface area (Å²) in [6.07, 6.45) is 6.26. The first kappa shape index (κ1) is 11.3. The number of hydrogen-bond acceptors (Lipinski definition) is 3. The van der Waals surface area contributed by atoms with Gasteiger partial charge in [0.2, 0.25) is 0 Å². The van der Waals surface area contributed by atoms with E-state index < -0.39 is 0 Å². The first-order valence-electron chi connectivity index (χ1n) is 6.63. The fraction of sp³-hybridized carbons (Fsp3) is 0.400.